The van der Waals surface area contributed by atoms with Crippen LogP contribution in [0.25, 0.3) is 0 Å². The number of ether oxygens (including phenoxy) is 1. The van der Waals surface area contributed by atoms with Gasteiger partial charge in [-0.15, -0.1) is 0 Å². The minimum atomic E-state index is -0.170. The first-order valence-corrected chi connectivity index (χ1v) is 6.26. The van der Waals surface area contributed by atoms with E-state index in [9.17, 15) is 4.39 Å². The van der Waals surface area contributed by atoms with Crippen LogP contribution in [0.5, 0.6) is 0 Å². The molecule has 1 aliphatic heterocycles. The number of halogens is 1. The highest BCUT2D eigenvalue weighted by atomic mass is 19.1. The lowest BCUT2D eigenvalue weighted by atomic mass is 9.96. The van der Waals surface area contributed by atoms with E-state index in [1.54, 1.807) is 12.1 Å². The molecule has 0 aromatic heterocycles. The molecule has 1 fully saturated rings. The summed E-state index contributed by atoms with van der Waals surface area (Å²) in [6, 6.07) is 7.44. The van der Waals surface area contributed by atoms with Gasteiger partial charge in [-0.3, -0.25) is 0 Å². The molecule has 0 radical (unpaired) electrons. The van der Waals surface area contributed by atoms with Crippen LogP contribution in [0.15, 0.2) is 24.3 Å². The zero-order valence-corrected chi connectivity index (χ0v) is 10.4. The average molecular weight is 237 g/mol. The van der Waals surface area contributed by atoms with Crippen LogP contribution in [0.3, 0.4) is 0 Å². The number of benzene rings is 1. The van der Waals surface area contributed by atoms with Crippen LogP contribution < -0.4 is 5.32 Å². The van der Waals surface area contributed by atoms with E-state index >= 15 is 0 Å². The van der Waals surface area contributed by atoms with E-state index in [1.807, 2.05) is 6.07 Å². The van der Waals surface area contributed by atoms with Crippen LogP contribution in [0.1, 0.15) is 31.9 Å². The average Bonchev–Trinajstić information content (AvgIpc) is 2.32. The van der Waals surface area contributed by atoms with Crippen molar-refractivity contribution in [2.45, 2.75) is 32.4 Å². The molecule has 1 aliphatic rings. The minimum absolute atomic E-state index is 0.170. The molecule has 0 amide bonds. The summed E-state index contributed by atoms with van der Waals surface area (Å²) in [7, 11) is 0. The lowest BCUT2D eigenvalue weighted by Gasteiger charge is -2.32. The van der Waals surface area contributed by atoms with Gasteiger partial charge in [-0.25, -0.2) is 4.39 Å². The van der Waals surface area contributed by atoms with Crippen molar-refractivity contribution in [2.75, 3.05) is 13.2 Å². The predicted octanol–water partition coefficient (Wildman–Crippen LogP) is 2.90. The second kappa shape index (κ2) is 5.61. The normalized spacial score (nSPS) is 26.8. The fraction of sp³-hybridized carbons (Fsp3) is 0.571. The molecule has 17 heavy (non-hydrogen) atoms. The van der Waals surface area contributed by atoms with Crippen LogP contribution in [0.2, 0.25) is 0 Å². The summed E-state index contributed by atoms with van der Waals surface area (Å²) < 4.78 is 18.6. The third kappa shape index (κ3) is 3.27. The smallest absolute Gasteiger partial charge is 0.123 e. The van der Waals surface area contributed by atoms with Crippen molar-refractivity contribution in [3.8, 4) is 0 Å². The van der Waals surface area contributed by atoms with Crippen LogP contribution in [-0.2, 0) is 4.74 Å². The third-order valence-electron chi connectivity index (χ3n) is 3.45. The maximum absolute atomic E-state index is 13.1. The Bertz CT molecular complexity index is 369. The van der Waals surface area contributed by atoms with Gasteiger partial charge in [0.05, 0.1) is 6.61 Å². The summed E-state index contributed by atoms with van der Waals surface area (Å²) in [5.74, 6) is 0.343. The first-order chi connectivity index (χ1) is 8.16. The SMILES string of the molecule is CC1COCCC1N[C@@H](C)c1cccc(F)c1. The quantitative estimate of drug-likeness (QED) is 0.872. The van der Waals surface area contributed by atoms with Crippen LogP contribution in [0.4, 0.5) is 4.39 Å². The molecule has 0 saturated carbocycles. The van der Waals surface area contributed by atoms with Crippen molar-refractivity contribution in [1.29, 1.82) is 0 Å². The zero-order chi connectivity index (χ0) is 12.3. The fourth-order valence-corrected chi connectivity index (χ4v) is 2.32. The maximum atomic E-state index is 13.1. The molecule has 3 atom stereocenters. The van der Waals surface area contributed by atoms with E-state index in [-0.39, 0.29) is 11.9 Å². The molecule has 1 saturated heterocycles. The molecule has 1 N–H and O–H groups in total. The van der Waals surface area contributed by atoms with Crippen molar-refractivity contribution < 1.29 is 9.13 Å². The first-order valence-electron chi connectivity index (χ1n) is 6.26. The van der Waals surface area contributed by atoms with E-state index in [4.69, 9.17) is 4.74 Å². The number of rotatable bonds is 3. The summed E-state index contributed by atoms with van der Waals surface area (Å²) in [5.41, 5.74) is 1.00. The van der Waals surface area contributed by atoms with Crippen molar-refractivity contribution in [3.05, 3.63) is 35.6 Å². The highest BCUT2D eigenvalue weighted by Gasteiger charge is 2.23. The Hall–Kier alpha value is -0.930. The number of hydrogen-bond acceptors (Lipinski definition) is 2. The Balaban J connectivity index is 1.98. The molecule has 2 rings (SSSR count). The van der Waals surface area contributed by atoms with Crippen molar-refractivity contribution in [2.24, 2.45) is 5.92 Å². The van der Waals surface area contributed by atoms with Gasteiger partial charge in [0.1, 0.15) is 5.82 Å². The monoisotopic (exact) mass is 237 g/mol. The largest absolute Gasteiger partial charge is 0.381 e. The summed E-state index contributed by atoms with van der Waals surface area (Å²) in [6.07, 6.45) is 1.03. The Morgan fingerprint density at radius 3 is 3.00 bits per heavy atom. The number of nitrogens with one attached hydrogen (secondary N) is 1. The second-order valence-electron chi connectivity index (χ2n) is 4.89. The van der Waals surface area contributed by atoms with Crippen LogP contribution in [-0.4, -0.2) is 19.3 Å². The molecule has 94 valence electrons. The van der Waals surface area contributed by atoms with Crippen molar-refractivity contribution >= 4 is 0 Å². The molecular weight excluding hydrogens is 217 g/mol. The Morgan fingerprint density at radius 1 is 1.47 bits per heavy atom. The molecular formula is C14H20FNO. The summed E-state index contributed by atoms with van der Waals surface area (Å²) in [6.45, 7) is 5.90. The number of hydrogen-bond donors (Lipinski definition) is 1. The molecule has 0 bridgehead atoms. The van der Waals surface area contributed by atoms with E-state index < -0.39 is 0 Å². The van der Waals surface area contributed by atoms with Gasteiger partial charge >= 0.3 is 0 Å². The topological polar surface area (TPSA) is 21.3 Å². The maximum Gasteiger partial charge on any atom is 0.123 e. The van der Waals surface area contributed by atoms with E-state index in [0.29, 0.717) is 12.0 Å². The van der Waals surface area contributed by atoms with Gasteiger partial charge in [-0.1, -0.05) is 19.1 Å². The molecule has 0 aliphatic carbocycles. The lowest BCUT2D eigenvalue weighted by molar-refractivity contribution is 0.0363. The van der Waals surface area contributed by atoms with Gasteiger partial charge in [0.15, 0.2) is 0 Å². The van der Waals surface area contributed by atoms with Gasteiger partial charge in [0.25, 0.3) is 0 Å². The molecule has 1 aromatic carbocycles. The van der Waals surface area contributed by atoms with Gasteiger partial charge in [-0.2, -0.15) is 0 Å². The molecule has 0 spiro atoms. The van der Waals surface area contributed by atoms with Gasteiger partial charge < -0.3 is 10.1 Å². The highest BCUT2D eigenvalue weighted by molar-refractivity contribution is 5.19. The van der Waals surface area contributed by atoms with Crippen molar-refractivity contribution in [1.82, 2.24) is 5.32 Å². The Kier molecular flexibility index (Phi) is 4.13. The Morgan fingerprint density at radius 2 is 2.29 bits per heavy atom. The van der Waals surface area contributed by atoms with Crippen LogP contribution >= 0.6 is 0 Å². The molecule has 1 aromatic rings. The summed E-state index contributed by atoms with van der Waals surface area (Å²) in [4.78, 5) is 0. The van der Waals surface area contributed by atoms with E-state index in [2.05, 4.69) is 19.2 Å². The second-order valence-corrected chi connectivity index (χ2v) is 4.89. The van der Waals surface area contributed by atoms with E-state index in [0.717, 1.165) is 25.2 Å². The molecule has 2 unspecified atom stereocenters. The minimum Gasteiger partial charge on any atom is -0.381 e. The molecule has 3 heteroatoms. The predicted molar refractivity (Wildman–Crippen MR) is 66.3 cm³/mol. The van der Waals surface area contributed by atoms with Gasteiger partial charge in [0, 0.05) is 18.7 Å². The van der Waals surface area contributed by atoms with Gasteiger partial charge in [0.2, 0.25) is 0 Å². The van der Waals surface area contributed by atoms with Crippen molar-refractivity contribution in [3.63, 3.8) is 0 Å². The fourth-order valence-electron chi connectivity index (χ4n) is 2.32. The summed E-state index contributed by atoms with van der Waals surface area (Å²) in [5, 5.41) is 3.57. The molecule has 2 nitrogen and oxygen atoms in total. The first kappa shape index (κ1) is 12.5. The third-order valence-corrected chi connectivity index (χ3v) is 3.45. The van der Waals surface area contributed by atoms with Crippen LogP contribution in [0, 0.1) is 11.7 Å². The summed E-state index contributed by atoms with van der Waals surface area (Å²) >= 11 is 0. The van der Waals surface area contributed by atoms with E-state index in [1.165, 1.54) is 6.07 Å². The highest BCUT2D eigenvalue weighted by Crippen LogP contribution is 2.20. The standard InChI is InChI=1S/C14H20FNO/c1-10-9-17-7-6-14(10)16-11(2)12-4-3-5-13(15)8-12/h3-5,8,10-11,14,16H,6-7,9H2,1-2H3/t10?,11-,14?/m0/s1. The Labute approximate surface area is 102 Å². The lowest BCUT2D eigenvalue weighted by Crippen LogP contribution is -2.42. The zero-order valence-electron chi connectivity index (χ0n) is 10.4. The van der Waals surface area contributed by atoms with Gasteiger partial charge in [-0.05, 0) is 37.0 Å². The molecule has 1 heterocycles.